The van der Waals surface area contributed by atoms with Crippen molar-refractivity contribution in [1.82, 2.24) is 0 Å². The van der Waals surface area contributed by atoms with Gasteiger partial charge in [-0.15, -0.1) is 0 Å². The molecule has 0 atom stereocenters. The normalized spacial score (nSPS) is 13.5. The van der Waals surface area contributed by atoms with E-state index in [-0.39, 0.29) is 10.1 Å². The highest BCUT2D eigenvalue weighted by molar-refractivity contribution is 6.75. The summed E-state index contributed by atoms with van der Waals surface area (Å²) in [7, 11) is -3.87. The molecule has 0 unspecified atom stereocenters. The number of aryl methyl sites for hydroxylation is 1. The Hall–Kier alpha value is -1.08. The van der Waals surface area contributed by atoms with Gasteiger partial charge in [0.05, 0.1) is 0 Å². The Balaban J connectivity index is 3.25. The zero-order valence-corrected chi connectivity index (χ0v) is 20.4. The molecular formula is C21H38O3Si2. The molecule has 0 radical (unpaired) electrons. The molecule has 0 heterocycles. The summed E-state index contributed by atoms with van der Waals surface area (Å²) in [6, 6.07) is 6.13. The molecule has 3 nitrogen and oxygen atoms in total. The van der Waals surface area contributed by atoms with Crippen molar-refractivity contribution >= 4 is 22.9 Å². The standard InChI is InChI=1S/C21H38O3Si2/c1-20(2,3)25(7,8)23-18-14-13-17(12-11-15-22)19(16-18)24-26(9,10)21(4,5)6/h13-16H,11-12H2,1-10H3. The molecule has 0 aliphatic heterocycles. The van der Waals surface area contributed by atoms with E-state index >= 15 is 0 Å². The first kappa shape index (κ1) is 23.0. The van der Waals surface area contributed by atoms with Crippen LogP contribution < -0.4 is 8.85 Å². The molecule has 0 aromatic heterocycles. The minimum absolute atomic E-state index is 0.116. The van der Waals surface area contributed by atoms with Crippen LogP contribution in [0.5, 0.6) is 11.5 Å². The predicted molar refractivity (Wildman–Crippen MR) is 116 cm³/mol. The Labute approximate surface area is 162 Å². The number of rotatable bonds is 7. The molecule has 1 rings (SSSR count). The van der Waals surface area contributed by atoms with E-state index < -0.39 is 16.6 Å². The number of hydrogen-bond donors (Lipinski definition) is 0. The van der Waals surface area contributed by atoms with Gasteiger partial charge in [0.2, 0.25) is 16.6 Å². The Morgan fingerprint density at radius 3 is 1.85 bits per heavy atom. The molecule has 0 amide bonds. The molecule has 0 bridgehead atoms. The summed E-state index contributed by atoms with van der Waals surface area (Å²) in [4.78, 5) is 10.8. The third-order valence-electron chi connectivity index (χ3n) is 5.92. The first-order chi connectivity index (χ1) is 11.6. The fraction of sp³-hybridized carbons (Fsp3) is 0.667. The molecule has 26 heavy (non-hydrogen) atoms. The van der Waals surface area contributed by atoms with Gasteiger partial charge in [-0.2, -0.15) is 0 Å². The van der Waals surface area contributed by atoms with Crippen molar-refractivity contribution in [1.29, 1.82) is 0 Å². The van der Waals surface area contributed by atoms with Gasteiger partial charge in [0, 0.05) is 12.5 Å². The lowest BCUT2D eigenvalue weighted by atomic mass is 10.1. The van der Waals surface area contributed by atoms with E-state index in [2.05, 4.69) is 73.8 Å². The molecule has 0 aliphatic rings. The van der Waals surface area contributed by atoms with Gasteiger partial charge in [0.25, 0.3) is 0 Å². The number of aldehydes is 1. The minimum Gasteiger partial charge on any atom is -0.543 e. The highest BCUT2D eigenvalue weighted by atomic mass is 28.4. The monoisotopic (exact) mass is 394 g/mol. The fourth-order valence-electron chi connectivity index (χ4n) is 1.99. The molecule has 0 fully saturated rings. The largest absolute Gasteiger partial charge is 0.543 e. The number of carbonyl (C=O) groups excluding carboxylic acids is 1. The van der Waals surface area contributed by atoms with Crippen LogP contribution in [-0.2, 0) is 11.2 Å². The Kier molecular flexibility index (Phi) is 6.97. The zero-order chi connectivity index (χ0) is 20.4. The maximum Gasteiger partial charge on any atom is 0.250 e. The maximum atomic E-state index is 10.8. The van der Waals surface area contributed by atoms with Gasteiger partial charge in [-0.3, -0.25) is 0 Å². The second kappa shape index (κ2) is 7.89. The van der Waals surface area contributed by atoms with Gasteiger partial charge in [0.15, 0.2) is 0 Å². The van der Waals surface area contributed by atoms with Crippen LogP contribution in [0.3, 0.4) is 0 Å². The topological polar surface area (TPSA) is 35.5 Å². The zero-order valence-electron chi connectivity index (χ0n) is 18.4. The summed E-state index contributed by atoms with van der Waals surface area (Å²) in [6.45, 7) is 22.4. The predicted octanol–water partition coefficient (Wildman–Crippen LogP) is 6.59. The Morgan fingerprint density at radius 2 is 1.38 bits per heavy atom. The van der Waals surface area contributed by atoms with Crippen molar-refractivity contribution in [3.8, 4) is 11.5 Å². The molecule has 1 aromatic carbocycles. The quantitative estimate of drug-likeness (QED) is 0.387. The van der Waals surface area contributed by atoms with Crippen molar-refractivity contribution in [2.45, 2.75) is 90.6 Å². The first-order valence-corrected chi connectivity index (χ1v) is 15.4. The number of benzene rings is 1. The molecule has 5 heteroatoms. The summed E-state index contributed by atoms with van der Waals surface area (Å²) in [5.41, 5.74) is 1.09. The van der Waals surface area contributed by atoms with Crippen LogP contribution in [0.4, 0.5) is 0 Å². The lowest BCUT2D eigenvalue weighted by Crippen LogP contribution is -2.44. The van der Waals surface area contributed by atoms with E-state index in [9.17, 15) is 4.79 Å². The van der Waals surface area contributed by atoms with Crippen LogP contribution in [0.2, 0.25) is 36.3 Å². The third-order valence-corrected chi connectivity index (χ3v) is 14.6. The van der Waals surface area contributed by atoms with Crippen molar-refractivity contribution in [2.75, 3.05) is 0 Å². The summed E-state index contributed by atoms with van der Waals surface area (Å²) in [5.74, 6) is 1.76. The van der Waals surface area contributed by atoms with Crippen LogP contribution in [0.25, 0.3) is 0 Å². The van der Waals surface area contributed by atoms with Gasteiger partial charge in [-0.25, -0.2) is 0 Å². The van der Waals surface area contributed by atoms with E-state index in [4.69, 9.17) is 8.85 Å². The summed E-state index contributed by atoms with van der Waals surface area (Å²) >= 11 is 0. The molecule has 0 aliphatic carbocycles. The highest BCUT2D eigenvalue weighted by Gasteiger charge is 2.40. The van der Waals surface area contributed by atoms with Crippen LogP contribution in [0.15, 0.2) is 18.2 Å². The minimum atomic E-state index is -1.97. The van der Waals surface area contributed by atoms with Crippen molar-refractivity contribution in [3.05, 3.63) is 23.8 Å². The van der Waals surface area contributed by atoms with Gasteiger partial charge < -0.3 is 13.6 Å². The number of hydrogen-bond acceptors (Lipinski definition) is 3. The maximum absolute atomic E-state index is 10.8. The SMILES string of the molecule is CC(C)(C)[Si](C)(C)Oc1ccc(CCC=O)c(O[Si](C)(C)C(C)(C)C)c1. The second-order valence-electron chi connectivity index (χ2n) is 10.2. The second-order valence-corrected chi connectivity index (χ2v) is 19.6. The summed E-state index contributed by atoms with van der Waals surface area (Å²) in [6.07, 6.45) is 2.18. The van der Waals surface area contributed by atoms with Crippen LogP contribution in [0.1, 0.15) is 53.5 Å². The van der Waals surface area contributed by atoms with Crippen LogP contribution in [0, 0.1) is 0 Å². The van der Waals surface area contributed by atoms with E-state index in [0.717, 1.165) is 23.3 Å². The third kappa shape index (κ3) is 5.71. The van der Waals surface area contributed by atoms with Gasteiger partial charge >= 0.3 is 0 Å². The molecule has 0 spiro atoms. The summed E-state index contributed by atoms with van der Waals surface area (Å²) < 4.78 is 13.1. The molecule has 0 N–H and O–H groups in total. The van der Waals surface area contributed by atoms with Crippen molar-refractivity contribution < 1.29 is 13.6 Å². The molecule has 0 saturated heterocycles. The van der Waals surface area contributed by atoms with Gasteiger partial charge in [0.1, 0.15) is 17.8 Å². The first-order valence-electron chi connectivity index (χ1n) is 9.55. The van der Waals surface area contributed by atoms with Crippen molar-refractivity contribution in [3.63, 3.8) is 0 Å². The van der Waals surface area contributed by atoms with E-state index in [1.54, 1.807) is 0 Å². The molecular weight excluding hydrogens is 356 g/mol. The number of carbonyl (C=O) groups is 1. The molecule has 148 valence electrons. The average Bonchev–Trinajstić information content (AvgIpc) is 2.43. The lowest BCUT2D eigenvalue weighted by Gasteiger charge is -2.38. The van der Waals surface area contributed by atoms with Gasteiger partial charge in [-0.1, -0.05) is 47.6 Å². The Morgan fingerprint density at radius 1 is 0.885 bits per heavy atom. The molecule has 1 aromatic rings. The lowest BCUT2D eigenvalue weighted by molar-refractivity contribution is -0.107. The average molecular weight is 395 g/mol. The smallest absolute Gasteiger partial charge is 0.250 e. The van der Waals surface area contributed by atoms with Crippen LogP contribution >= 0.6 is 0 Å². The summed E-state index contributed by atoms with van der Waals surface area (Å²) in [5, 5.41) is 0.259. The Bertz CT molecular complexity index is 623. The molecule has 0 saturated carbocycles. The van der Waals surface area contributed by atoms with Crippen molar-refractivity contribution in [2.24, 2.45) is 0 Å². The fourth-order valence-corrected chi connectivity index (χ4v) is 4.06. The van der Waals surface area contributed by atoms with Crippen LogP contribution in [-0.4, -0.2) is 22.9 Å². The van der Waals surface area contributed by atoms with Gasteiger partial charge in [-0.05, 0) is 54.3 Å². The van der Waals surface area contributed by atoms with E-state index in [1.807, 2.05) is 12.1 Å². The highest BCUT2D eigenvalue weighted by Crippen LogP contribution is 2.41. The van der Waals surface area contributed by atoms with E-state index in [0.29, 0.717) is 12.8 Å². The van der Waals surface area contributed by atoms with E-state index in [1.165, 1.54) is 0 Å².